The summed E-state index contributed by atoms with van der Waals surface area (Å²) in [6.07, 6.45) is -1.93. The Balaban J connectivity index is 1.76. The average Bonchev–Trinajstić information content (AvgIpc) is 2.83. The maximum atomic E-state index is 12.2. The predicted molar refractivity (Wildman–Crippen MR) is 126 cm³/mol. The smallest absolute Gasteiger partial charge is 0.332 e. The molecule has 0 spiro atoms. The molecule has 0 fully saturated rings. The lowest BCUT2D eigenvalue weighted by Crippen LogP contribution is -2.40. The molecule has 184 valence electrons. The first-order valence-corrected chi connectivity index (χ1v) is 11.2. The summed E-state index contributed by atoms with van der Waals surface area (Å²) < 4.78 is 0. The molecule has 0 bridgehead atoms. The predicted octanol–water partition coefficient (Wildman–Crippen LogP) is 0.856. The Bertz CT molecular complexity index is 919. The van der Waals surface area contributed by atoms with E-state index in [1.807, 2.05) is 54.6 Å². The van der Waals surface area contributed by atoms with Gasteiger partial charge >= 0.3 is 5.97 Å². The zero-order valence-electron chi connectivity index (χ0n) is 18.9. The fourth-order valence-electron chi connectivity index (χ4n) is 3.52. The Morgan fingerprint density at radius 3 is 2.09 bits per heavy atom. The first-order valence-electron chi connectivity index (χ1n) is 11.2. The number of hydrogen-bond donors (Lipinski definition) is 6. The number of carbonyl (C=O) groups is 3. The van der Waals surface area contributed by atoms with Crippen LogP contribution in [0.25, 0.3) is 11.1 Å². The SMILES string of the molecule is O=C(Cc1ccc(-c2ccccc2)cc1)NCC[C@@H](O)C[C@@H](CC[C@@H](O)C(=O)O)NC(=O)CO. The van der Waals surface area contributed by atoms with Crippen LogP contribution in [0.4, 0.5) is 0 Å². The molecule has 6 N–H and O–H groups in total. The average molecular weight is 473 g/mol. The minimum absolute atomic E-state index is 0.0922. The third kappa shape index (κ3) is 9.70. The number of carboxylic acids is 1. The van der Waals surface area contributed by atoms with Crippen LogP contribution in [0.1, 0.15) is 31.2 Å². The molecular formula is C25H32N2O7. The molecule has 0 aliphatic rings. The number of benzene rings is 2. The van der Waals surface area contributed by atoms with Crippen molar-refractivity contribution < 1.29 is 34.8 Å². The third-order valence-electron chi connectivity index (χ3n) is 5.36. The summed E-state index contributed by atoms with van der Waals surface area (Å²) in [6.45, 7) is -0.517. The highest BCUT2D eigenvalue weighted by Crippen LogP contribution is 2.19. The number of aliphatic carboxylic acids is 1. The number of carboxylic acid groups (broad SMARTS) is 1. The first kappa shape index (κ1) is 27.0. The summed E-state index contributed by atoms with van der Waals surface area (Å²) in [5, 5.41) is 42.6. The summed E-state index contributed by atoms with van der Waals surface area (Å²) in [6, 6.07) is 17.0. The maximum absolute atomic E-state index is 12.2. The van der Waals surface area contributed by atoms with Gasteiger partial charge in [0, 0.05) is 12.6 Å². The van der Waals surface area contributed by atoms with Crippen molar-refractivity contribution in [2.45, 2.75) is 50.4 Å². The van der Waals surface area contributed by atoms with Crippen LogP contribution in [0, 0.1) is 0 Å². The highest BCUT2D eigenvalue weighted by molar-refractivity contribution is 5.79. The summed E-state index contributed by atoms with van der Waals surface area (Å²) in [5.74, 6) is -2.21. The van der Waals surface area contributed by atoms with E-state index in [1.54, 1.807) is 0 Å². The van der Waals surface area contributed by atoms with Gasteiger partial charge in [-0.1, -0.05) is 54.6 Å². The van der Waals surface area contributed by atoms with Crippen molar-refractivity contribution in [3.63, 3.8) is 0 Å². The van der Waals surface area contributed by atoms with Gasteiger partial charge in [-0.05, 0) is 42.4 Å². The number of nitrogens with one attached hydrogen (secondary N) is 2. The molecule has 9 heteroatoms. The number of amides is 2. The lowest BCUT2D eigenvalue weighted by atomic mass is 10.00. The lowest BCUT2D eigenvalue weighted by Gasteiger charge is -2.22. The normalized spacial score (nSPS) is 13.5. The number of rotatable bonds is 14. The highest BCUT2D eigenvalue weighted by Gasteiger charge is 2.20. The molecular weight excluding hydrogens is 440 g/mol. The van der Waals surface area contributed by atoms with Crippen molar-refractivity contribution in [1.82, 2.24) is 10.6 Å². The molecule has 34 heavy (non-hydrogen) atoms. The standard InChI is InChI=1S/C25H32N2O7/c28-16-24(32)27-20(10-11-22(30)25(33)34)15-21(29)12-13-26-23(31)14-17-6-8-19(9-7-17)18-4-2-1-3-5-18/h1-9,20-22,28-30H,10-16H2,(H,26,31)(H,27,32)(H,33,34)/t20-,21-,22-/m1/s1. The van der Waals surface area contributed by atoms with Crippen LogP contribution in [-0.4, -0.2) is 69.6 Å². The second kappa shape index (κ2) is 14.1. The molecule has 0 radical (unpaired) electrons. The molecule has 0 heterocycles. The Morgan fingerprint density at radius 2 is 1.47 bits per heavy atom. The van der Waals surface area contributed by atoms with E-state index in [2.05, 4.69) is 10.6 Å². The van der Waals surface area contributed by atoms with Gasteiger partial charge in [0.25, 0.3) is 0 Å². The summed E-state index contributed by atoms with van der Waals surface area (Å²) in [7, 11) is 0. The number of aliphatic hydroxyl groups is 3. The van der Waals surface area contributed by atoms with E-state index in [-0.39, 0.29) is 44.6 Å². The summed E-state index contributed by atoms with van der Waals surface area (Å²) in [4.78, 5) is 34.5. The Kier molecular flexibility index (Phi) is 11.2. The molecule has 2 aromatic rings. The number of hydrogen-bond acceptors (Lipinski definition) is 6. The highest BCUT2D eigenvalue weighted by atomic mass is 16.4. The second-order valence-corrected chi connectivity index (χ2v) is 8.12. The molecule has 2 aromatic carbocycles. The van der Waals surface area contributed by atoms with E-state index < -0.39 is 36.7 Å². The number of carbonyl (C=O) groups excluding carboxylic acids is 2. The van der Waals surface area contributed by atoms with Crippen LogP contribution < -0.4 is 10.6 Å². The summed E-state index contributed by atoms with van der Waals surface area (Å²) in [5.41, 5.74) is 3.02. The molecule has 0 saturated carbocycles. The third-order valence-corrected chi connectivity index (χ3v) is 5.36. The Hall–Kier alpha value is -3.27. The van der Waals surface area contributed by atoms with Crippen LogP contribution in [-0.2, 0) is 20.8 Å². The van der Waals surface area contributed by atoms with Gasteiger partial charge in [-0.15, -0.1) is 0 Å². The van der Waals surface area contributed by atoms with Crippen LogP contribution in [0.5, 0.6) is 0 Å². The van der Waals surface area contributed by atoms with Gasteiger partial charge in [-0.3, -0.25) is 9.59 Å². The van der Waals surface area contributed by atoms with Gasteiger partial charge in [0.15, 0.2) is 6.10 Å². The maximum Gasteiger partial charge on any atom is 0.332 e. The lowest BCUT2D eigenvalue weighted by molar-refractivity contribution is -0.147. The largest absolute Gasteiger partial charge is 0.479 e. The van der Waals surface area contributed by atoms with Crippen LogP contribution in [0.2, 0.25) is 0 Å². The van der Waals surface area contributed by atoms with Crippen molar-refractivity contribution >= 4 is 17.8 Å². The van der Waals surface area contributed by atoms with E-state index in [0.29, 0.717) is 0 Å². The molecule has 0 saturated heterocycles. The first-order chi connectivity index (χ1) is 16.3. The second-order valence-electron chi connectivity index (χ2n) is 8.12. The molecule has 0 aliphatic heterocycles. The van der Waals surface area contributed by atoms with Gasteiger partial charge < -0.3 is 31.1 Å². The van der Waals surface area contributed by atoms with Gasteiger partial charge in [0.05, 0.1) is 12.5 Å². The Morgan fingerprint density at radius 1 is 0.824 bits per heavy atom. The topological polar surface area (TPSA) is 156 Å². The van der Waals surface area contributed by atoms with Crippen LogP contribution in [0.15, 0.2) is 54.6 Å². The van der Waals surface area contributed by atoms with Gasteiger partial charge in [0.2, 0.25) is 11.8 Å². The van der Waals surface area contributed by atoms with Crippen molar-refractivity contribution in [1.29, 1.82) is 0 Å². The Labute approximate surface area is 198 Å². The van der Waals surface area contributed by atoms with Crippen molar-refractivity contribution in [3.05, 3.63) is 60.2 Å². The van der Waals surface area contributed by atoms with E-state index in [0.717, 1.165) is 16.7 Å². The van der Waals surface area contributed by atoms with E-state index in [1.165, 1.54) is 0 Å². The minimum atomic E-state index is -1.58. The van der Waals surface area contributed by atoms with Gasteiger partial charge in [-0.25, -0.2) is 4.79 Å². The quantitative estimate of drug-likeness (QED) is 0.238. The molecule has 0 aliphatic carbocycles. The molecule has 2 rings (SSSR count). The molecule has 3 atom stereocenters. The van der Waals surface area contributed by atoms with Crippen molar-refractivity contribution in [2.24, 2.45) is 0 Å². The minimum Gasteiger partial charge on any atom is -0.479 e. The fraction of sp³-hybridized carbons (Fsp3) is 0.400. The van der Waals surface area contributed by atoms with E-state index >= 15 is 0 Å². The van der Waals surface area contributed by atoms with Crippen molar-refractivity contribution in [3.8, 4) is 11.1 Å². The molecule has 0 aromatic heterocycles. The monoisotopic (exact) mass is 472 g/mol. The van der Waals surface area contributed by atoms with E-state index in [4.69, 9.17) is 10.2 Å². The van der Waals surface area contributed by atoms with Crippen molar-refractivity contribution in [2.75, 3.05) is 13.2 Å². The molecule has 0 unspecified atom stereocenters. The van der Waals surface area contributed by atoms with Crippen LogP contribution >= 0.6 is 0 Å². The zero-order chi connectivity index (χ0) is 24.9. The molecule has 2 amide bonds. The van der Waals surface area contributed by atoms with E-state index in [9.17, 15) is 24.6 Å². The molecule has 9 nitrogen and oxygen atoms in total. The van der Waals surface area contributed by atoms with Crippen LogP contribution in [0.3, 0.4) is 0 Å². The fourth-order valence-corrected chi connectivity index (χ4v) is 3.52. The summed E-state index contributed by atoms with van der Waals surface area (Å²) >= 11 is 0. The van der Waals surface area contributed by atoms with Gasteiger partial charge in [0.1, 0.15) is 6.61 Å². The van der Waals surface area contributed by atoms with Gasteiger partial charge in [-0.2, -0.15) is 0 Å². The number of aliphatic hydroxyl groups excluding tert-OH is 3. The zero-order valence-corrected chi connectivity index (χ0v) is 18.9.